The van der Waals surface area contributed by atoms with Crippen LogP contribution in [0.2, 0.25) is 0 Å². The average molecular weight is 460 g/mol. The van der Waals surface area contributed by atoms with Crippen molar-refractivity contribution in [1.29, 1.82) is 0 Å². The first-order valence-electron chi connectivity index (χ1n) is 8.99. The second-order valence-corrected chi connectivity index (χ2v) is 6.72. The molecule has 0 saturated carbocycles. The summed E-state index contributed by atoms with van der Waals surface area (Å²) in [6.07, 6.45) is 1.18. The highest BCUT2D eigenvalue weighted by molar-refractivity contribution is 14.0. The molecule has 1 atom stereocenters. The van der Waals surface area contributed by atoms with Gasteiger partial charge in [-0.2, -0.15) is 0 Å². The number of hydrogen-bond acceptors (Lipinski definition) is 3. The van der Waals surface area contributed by atoms with Gasteiger partial charge >= 0.3 is 0 Å². The van der Waals surface area contributed by atoms with Crippen molar-refractivity contribution in [1.82, 2.24) is 15.5 Å². The Hall–Kier alpha value is -0.860. The highest BCUT2D eigenvalue weighted by atomic mass is 127. The Bertz CT molecular complexity index is 489. The normalized spacial score (nSPS) is 17.0. The summed E-state index contributed by atoms with van der Waals surface area (Å²) in [5.41, 5.74) is 1.26. The van der Waals surface area contributed by atoms with E-state index in [9.17, 15) is 0 Å². The molecule has 142 valence electrons. The summed E-state index contributed by atoms with van der Waals surface area (Å²) >= 11 is 0. The van der Waals surface area contributed by atoms with E-state index in [4.69, 9.17) is 4.74 Å². The fourth-order valence-electron chi connectivity index (χ4n) is 3.07. The first-order valence-corrected chi connectivity index (χ1v) is 8.99. The summed E-state index contributed by atoms with van der Waals surface area (Å²) in [5, 5.41) is 6.89. The standard InChI is InChI=1S/C19H32N4O.HI/c1-16(2)13-18(23-9-11-24-12-10-23)15-22-19(20-3)21-14-17-7-5-4-6-8-17;/h4-8,16,18H,9-15H2,1-3H3,(H2,20,21,22);1H. The zero-order chi connectivity index (χ0) is 17.2. The Labute approximate surface area is 169 Å². The van der Waals surface area contributed by atoms with E-state index in [1.54, 1.807) is 0 Å². The number of nitrogens with zero attached hydrogens (tertiary/aromatic N) is 2. The van der Waals surface area contributed by atoms with Crippen LogP contribution in [-0.2, 0) is 11.3 Å². The molecule has 1 unspecified atom stereocenters. The van der Waals surface area contributed by atoms with E-state index in [2.05, 4.69) is 58.6 Å². The molecule has 0 spiro atoms. The molecule has 1 aromatic rings. The number of morpholine rings is 1. The van der Waals surface area contributed by atoms with Crippen LogP contribution in [0.15, 0.2) is 35.3 Å². The van der Waals surface area contributed by atoms with Gasteiger partial charge in [0, 0.05) is 39.3 Å². The third kappa shape index (κ3) is 8.37. The minimum absolute atomic E-state index is 0. The third-order valence-corrected chi connectivity index (χ3v) is 4.34. The second-order valence-electron chi connectivity index (χ2n) is 6.72. The van der Waals surface area contributed by atoms with E-state index >= 15 is 0 Å². The predicted octanol–water partition coefficient (Wildman–Crippen LogP) is 2.72. The summed E-state index contributed by atoms with van der Waals surface area (Å²) in [4.78, 5) is 6.89. The number of nitrogens with one attached hydrogen (secondary N) is 2. The number of hydrogen-bond donors (Lipinski definition) is 2. The highest BCUT2D eigenvalue weighted by Crippen LogP contribution is 2.13. The molecule has 6 heteroatoms. The molecule has 1 heterocycles. The number of ether oxygens (including phenoxy) is 1. The van der Waals surface area contributed by atoms with Crippen molar-refractivity contribution in [2.75, 3.05) is 39.9 Å². The lowest BCUT2D eigenvalue weighted by molar-refractivity contribution is 0.0132. The zero-order valence-electron chi connectivity index (χ0n) is 15.7. The molecule has 1 aromatic carbocycles. The smallest absolute Gasteiger partial charge is 0.191 e. The van der Waals surface area contributed by atoms with Crippen molar-refractivity contribution in [3.63, 3.8) is 0 Å². The van der Waals surface area contributed by atoms with Gasteiger partial charge < -0.3 is 15.4 Å². The molecule has 0 aliphatic carbocycles. The summed E-state index contributed by atoms with van der Waals surface area (Å²) in [6.45, 7) is 10.0. The quantitative estimate of drug-likeness (QED) is 0.373. The van der Waals surface area contributed by atoms with E-state index in [1.165, 1.54) is 12.0 Å². The maximum Gasteiger partial charge on any atom is 0.191 e. The van der Waals surface area contributed by atoms with Gasteiger partial charge in [0.25, 0.3) is 0 Å². The number of aliphatic imine (C=N–C) groups is 1. The summed E-state index contributed by atoms with van der Waals surface area (Å²) in [6, 6.07) is 10.9. The minimum atomic E-state index is 0. The third-order valence-electron chi connectivity index (χ3n) is 4.34. The van der Waals surface area contributed by atoms with Gasteiger partial charge in [-0.25, -0.2) is 0 Å². The zero-order valence-corrected chi connectivity index (χ0v) is 18.0. The molecule has 5 nitrogen and oxygen atoms in total. The first kappa shape index (κ1) is 22.2. The lowest BCUT2D eigenvalue weighted by Gasteiger charge is -2.35. The van der Waals surface area contributed by atoms with E-state index < -0.39 is 0 Å². The fourth-order valence-corrected chi connectivity index (χ4v) is 3.07. The molecule has 0 radical (unpaired) electrons. The van der Waals surface area contributed by atoms with Crippen LogP contribution in [0.5, 0.6) is 0 Å². The van der Waals surface area contributed by atoms with Gasteiger partial charge in [0.05, 0.1) is 13.2 Å². The summed E-state index contributed by atoms with van der Waals surface area (Å²) in [5.74, 6) is 1.54. The van der Waals surface area contributed by atoms with Crippen LogP contribution in [-0.4, -0.2) is 56.8 Å². The fraction of sp³-hybridized carbons (Fsp3) is 0.632. The Kier molecular flexibility index (Phi) is 11.1. The average Bonchev–Trinajstić information content (AvgIpc) is 2.62. The SMILES string of the molecule is CN=C(NCc1ccccc1)NCC(CC(C)C)N1CCOCC1.I. The van der Waals surface area contributed by atoms with E-state index in [0.717, 1.165) is 45.4 Å². The Morgan fingerprint density at radius 2 is 1.84 bits per heavy atom. The van der Waals surface area contributed by atoms with Crippen LogP contribution in [0.25, 0.3) is 0 Å². The van der Waals surface area contributed by atoms with Gasteiger partial charge in [-0.15, -0.1) is 24.0 Å². The maximum absolute atomic E-state index is 5.49. The predicted molar refractivity (Wildman–Crippen MR) is 116 cm³/mol. The van der Waals surface area contributed by atoms with Crippen molar-refractivity contribution in [3.8, 4) is 0 Å². The maximum atomic E-state index is 5.49. The van der Waals surface area contributed by atoms with Gasteiger partial charge in [-0.1, -0.05) is 44.2 Å². The highest BCUT2D eigenvalue weighted by Gasteiger charge is 2.22. The van der Waals surface area contributed by atoms with Crippen LogP contribution < -0.4 is 10.6 Å². The van der Waals surface area contributed by atoms with Crippen LogP contribution in [0, 0.1) is 5.92 Å². The molecule has 25 heavy (non-hydrogen) atoms. The van der Waals surface area contributed by atoms with Crippen molar-refractivity contribution in [3.05, 3.63) is 35.9 Å². The molecule has 2 rings (SSSR count). The lowest BCUT2D eigenvalue weighted by Crippen LogP contribution is -2.50. The molecule has 1 saturated heterocycles. The summed E-state index contributed by atoms with van der Waals surface area (Å²) in [7, 11) is 1.83. The number of guanidine groups is 1. The van der Waals surface area contributed by atoms with Crippen molar-refractivity contribution in [2.24, 2.45) is 10.9 Å². The molecular weight excluding hydrogens is 427 g/mol. The Morgan fingerprint density at radius 1 is 1.16 bits per heavy atom. The molecule has 0 bridgehead atoms. The molecule has 0 aromatic heterocycles. The van der Waals surface area contributed by atoms with Crippen molar-refractivity contribution < 1.29 is 4.74 Å². The molecular formula is C19H33IN4O. The second kappa shape index (κ2) is 12.5. The van der Waals surface area contributed by atoms with Crippen LogP contribution in [0.3, 0.4) is 0 Å². The van der Waals surface area contributed by atoms with Gasteiger partial charge in [0.1, 0.15) is 0 Å². The van der Waals surface area contributed by atoms with Crippen molar-refractivity contribution >= 4 is 29.9 Å². The molecule has 2 N–H and O–H groups in total. The van der Waals surface area contributed by atoms with Gasteiger partial charge in [-0.3, -0.25) is 9.89 Å². The molecule has 1 aliphatic rings. The van der Waals surface area contributed by atoms with E-state index in [0.29, 0.717) is 12.0 Å². The monoisotopic (exact) mass is 460 g/mol. The first-order chi connectivity index (χ1) is 11.7. The molecule has 0 amide bonds. The van der Waals surface area contributed by atoms with Gasteiger partial charge in [0.15, 0.2) is 5.96 Å². The van der Waals surface area contributed by atoms with Crippen LogP contribution in [0.4, 0.5) is 0 Å². The molecule has 1 aliphatic heterocycles. The van der Waals surface area contributed by atoms with Crippen molar-refractivity contribution in [2.45, 2.75) is 32.9 Å². The number of benzene rings is 1. The van der Waals surface area contributed by atoms with Gasteiger partial charge in [0.2, 0.25) is 0 Å². The lowest BCUT2D eigenvalue weighted by atomic mass is 10.0. The topological polar surface area (TPSA) is 48.9 Å². The Balaban J connectivity index is 0.00000312. The Morgan fingerprint density at radius 3 is 2.44 bits per heavy atom. The molecule has 1 fully saturated rings. The van der Waals surface area contributed by atoms with Crippen LogP contribution >= 0.6 is 24.0 Å². The number of rotatable bonds is 7. The number of halogens is 1. The van der Waals surface area contributed by atoms with Gasteiger partial charge in [-0.05, 0) is 17.9 Å². The van der Waals surface area contributed by atoms with E-state index in [-0.39, 0.29) is 24.0 Å². The van der Waals surface area contributed by atoms with Crippen LogP contribution in [0.1, 0.15) is 25.8 Å². The van der Waals surface area contributed by atoms with E-state index in [1.807, 2.05) is 13.1 Å². The minimum Gasteiger partial charge on any atom is -0.379 e. The summed E-state index contributed by atoms with van der Waals surface area (Å²) < 4.78 is 5.49. The largest absolute Gasteiger partial charge is 0.379 e.